The summed E-state index contributed by atoms with van der Waals surface area (Å²) in [7, 11) is 1.33. The molecule has 1 aromatic rings. The third-order valence-corrected chi connectivity index (χ3v) is 3.04. The summed E-state index contributed by atoms with van der Waals surface area (Å²) in [5.74, 6) is -1.08. The summed E-state index contributed by atoms with van der Waals surface area (Å²) in [5, 5.41) is 4.82. The molecular weight excluding hydrogens is 252 g/mol. The number of amides is 2. The Morgan fingerprint density at radius 2 is 1.72 bits per heavy atom. The lowest BCUT2D eigenvalue weighted by atomic mass is 9.91. The molecule has 2 N–H and O–H groups in total. The van der Waals surface area contributed by atoms with Gasteiger partial charge >= 0.3 is 0 Å². The molecule has 2 rings (SSSR count). The van der Waals surface area contributed by atoms with Crippen molar-refractivity contribution in [3.8, 4) is 0 Å². The molecule has 2 amide bonds. The summed E-state index contributed by atoms with van der Waals surface area (Å²) in [6.45, 7) is 0. The minimum atomic E-state index is -1.57. The Kier molecular flexibility index (Phi) is 3.40. The Bertz CT molecular complexity index is 481. The number of carbonyl (C=O) groups excluding carboxylic acids is 2. The lowest BCUT2D eigenvalue weighted by Gasteiger charge is -2.33. The van der Waals surface area contributed by atoms with E-state index in [9.17, 15) is 9.59 Å². The van der Waals surface area contributed by atoms with Crippen LogP contribution in [0.15, 0.2) is 30.3 Å². The molecule has 94 valence electrons. The van der Waals surface area contributed by atoms with Crippen LogP contribution in [-0.2, 0) is 20.7 Å². The Labute approximate surface area is 110 Å². The van der Waals surface area contributed by atoms with E-state index in [-0.39, 0.29) is 11.5 Å². The van der Waals surface area contributed by atoms with Crippen LogP contribution in [0.1, 0.15) is 5.56 Å². The Balaban J connectivity index is 2.33. The molecule has 0 spiro atoms. The van der Waals surface area contributed by atoms with Crippen LogP contribution in [0.2, 0.25) is 0 Å². The van der Waals surface area contributed by atoms with Gasteiger partial charge in [0, 0.05) is 13.5 Å². The second-order valence-corrected chi connectivity index (χ2v) is 4.34. The number of thiocarbonyl (C=S) groups is 1. The van der Waals surface area contributed by atoms with Gasteiger partial charge in [0.1, 0.15) is 0 Å². The molecule has 1 saturated heterocycles. The quantitative estimate of drug-likeness (QED) is 0.602. The third-order valence-electron chi connectivity index (χ3n) is 2.83. The molecule has 0 unspecified atom stereocenters. The minimum Gasteiger partial charge on any atom is -0.359 e. The van der Waals surface area contributed by atoms with E-state index in [1.54, 1.807) is 0 Å². The standard InChI is InChI=1S/C12H12N2O3S/c1-17-12(7-8-5-3-2-4-6-8)9(15)13-11(18)14-10(12)16/h2-6H,7H2,1H3,(H2,13,14,15,16,18). The largest absolute Gasteiger partial charge is 0.359 e. The van der Waals surface area contributed by atoms with Crippen molar-refractivity contribution in [3.05, 3.63) is 35.9 Å². The van der Waals surface area contributed by atoms with Gasteiger partial charge in [-0.25, -0.2) is 0 Å². The highest BCUT2D eigenvalue weighted by molar-refractivity contribution is 7.80. The van der Waals surface area contributed by atoms with Gasteiger partial charge in [-0.3, -0.25) is 20.2 Å². The van der Waals surface area contributed by atoms with Crippen molar-refractivity contribution in [2.75, 3.05) is 7.11 Å². The summed E-state index contributed by atoms with van der Waals surface area (Å²) in [6.07, 6.45) is 0.157. The molecule has 0 saturated carbocycles. The molecule has 0 aromatic heterocycles. The predicted octanol–water partition coefficient (Wildman–Crippen LogP) is 0.145. The van der Waals surface area contributed by atoms with Crippen molar-refractivity contribution in [2.24, 2.45) is 0 Å². The van der Waals surface area contributed by atoms with E-state index < -0.39 is 17.4 Å². The first kappa shape index (κ1) is 12.7. The molecule has 0 bridgehead atoms. The van der Waals surface area contributed by atoms with E-state index in [2.05, 4.69) is 10.6 Å². The molecule has 0 atom stereocenters. The van der Waals surface area contributed by atoms with Crippen LogP contribution in [-0.4, -0.2) is 29.6 Å². The van der Waals surface area contributed by atoms with Crippen LogP contribution in [0.4, 0.5) is 0 Å². The summed E-state index contributed by atoms with van der Waals surface area (Å²) in [5.41, 5.74) is -0.735. The van der Waals surface area contributed by atoms with E-state index in [0.29, 0.717) is 0 Å². The third kappa shape index (κ3) is 2.12. The number of methoxy groups -OCH3 is 1. The fraction of sp³-hybridized carbons (Fsp3) is 0.250. The maximum absolute atomic E-state index is 12.0. The highest BCUT2D eigenvalue weighted by atomic mass is 32.1. The zero-order valence-electron chi connectivity index (χ0n) is 9.73. The van der Waals surface area contributed by atoms with Crippen LogP contribution in [0.5, 0.6) is 0 Å². The van der Waals surface area contributed by atoms with Crippen molar-refractivity contribution in [1.29, 1.82) is 0 Å². The van der Waals surface area contributed by atoms with Crippen molar-refractivity contribution < 1.29 is 14.3 Å². The number of hydrogen-bond acceptors (Lipinski definition) is 4. The highest BCUT2D eigenvalue weighted by Gasteiger charge is 2.50. The molecule has 6 heteroatoms. The first-order valence-electron chi connectivity index (χ1n) is 5.34. The van der Waals surface area contributed by atoms with Gasteiger partial charge in [-0.1, -0.05) is 30.3 Å². The molecule has 0 radical (unpaired) electrons. The van der Waals surface area contributed by atoms with Crippen LogP contribution in [0.25, 0.3) is 0 Å². The Morgan fingerprint density at radius 3 is 2.22 bits per heavy atom. The molecule has 1 aliphatic rings. The molecular formula is C12H12N2O3S. The van der Waals surface area contributed by atoms with Gasteiger partial charge in [-0.2, -0.15) is 0 Å². The number of benzene rings is 1. The molecule has 1 aliphatic heterocycles. The van der Waals surface area contributed by atoms with Gasteiger partial charge in [-0.15, -0.1) is 0 Å². The summed E-state index contributed by atoms with van der Waals surface area (Å²) in [4.78, 5) is 24.0. The van der Waals surface area contributed by atoms with Gasteiger partial charge in [0.25, 0.3) is 11.8 Å². The minimum absolute atomic E-state index is 0.00531. The van der Waals surface area contributed by atoms with Crippen LogP contribution in [0.3, 0.4) is 0 Å². The smallest absolute Gasteiger partial charge is 0.268 e. The lowest BCUT2D eigenvalue weighted by molar-refractivity contribution is -0.157. The van der Waals surface area contributed by atoms with E-state index in [1.165, 1.54) is 7.11 Å². The van der Waals surface area contributed by atoms with Gasteiger partial charge in [0.2, 0.25) is 5.60 Å². The molecule has 0 aliphatic carbocycles. The summed E-state index contributed by atoms with van der Waals surface area (Å²) >= 11 is 4.76. The molecule has 1 heterocycles. The summed E-state index contributed by atoms with van der Waals surface area (Å²) < 4.78 is 5.17. The number of nitrogens with one attached hydrogen (secondary N) is 2. The molecule has 18 heavy (non-hydrogen) atoms. The lowest BCUT2D eigenvalue weighted by Crippen LogP contribution is -2.68. The molecule has 1 aromatic carbocycles. The normalized spacial score (nSPS) is 18.2. The second-order valence-electron chi connectivity index (χ2n) is 3.93. The van der Waals surface area contributed by atoms with Gasteiger partial charge in [0.15, 0.2) is 5.11 Å². The predicted molar refractivity (Wildman–Crippen MR) is 68.8 cm³/mol. The maximum atomic E-state index is 12.0. The first-order chi connectivity index (χ1) is 8.58. The average molecular weight is 264 g/mol. The fourth-order valence-electron chi connectivity index (χ4n) is 1.84. The molecule has 5 nitrogen and oxygen atoms in total. The van der Waals surface area contributed by atoms with Crippen molar-refractivity contribution >= 4 is 29.1 Å². The van der Waals surface area contributed by atoms with Crippen LogP contribution >= 0.6 is 12.2 Å². The second kappa shape index (κ2) is 4.83. The van der Waals surface area contributed by atoms with E-state index in [4.69, 9.17) is 17.0 Å². The maximum Gasteiger partial charge on any atom is 0.268 e. The van der Waals surface area contributed by atoms with Crippen LogP contribution in [0, 0.1) is 0 Å². The highest BCUT2D eigenvalue weighted by Crippen LogP contribution is 2.20. The number of carbonyl (C=O) groups is 2. The van der Waals surface area contributed by atoms with Crippen molar-refractivity contribution in [3.63, 3.8) is 0 Å². The van der Waals surface area contributed by atoms with E-state index in [0.717, 1.165) is 5.56 Å². The zero-order valence-corrected chi connectivity index (χ0v) is 10.5. The molecule has 1 fully saturated rings. The average Bonchev–Trinajstić information content (AvgIpc) is 2.35. The zero-order chi connectivity index (χ0) is 13.2. The SMILES string of the molecule is COC1(Cc2ccccc2)C(=O)NC(=S)NC1=O. The van der Waals surface area contributed by atoms with Gasteiger partial charge < -0.3 is 4.74 Å². The number of rotatable bonds is 3. The fourth-order valence-corrected chi connectivity index (χ4v) is 2.03. The first-order valence-corrected chi connectivity index (χ1v) is 5.75. The Morgan fingerprint density at radius 1 is 1.17 bits per heavy atom. The van der Waals surface area contributed by atoms with Gasteiger partial charge in [-0.05, 0) is 17.8 Å². The number of hydrogen-bond donors (Lipinski definition) is 2. The Hall–Kier alpha value is -1.79. The van der Waals surface area contributed by atoms with Crippen molar-refractivity contribution in [2.45, 2.75) is 12.0 Å². The van der Waals surface area contributed by atoms with E-state index >= 15 is 0 Å². The summed E-state index contributed by atoms with van der Waals surface area (Å²) in [6, 6.07) is 9.19. The monoisotopic (exact) mass is 264 g/mol. The topological polar surface area (TPSA) is 67.4 Å². The number of ether oxygens (including phenoxy) is 1. The van der Waals surface area contributed by atoms with Crippen molar-refractivity contribution in [1.82, 2.24) is 10.6 Å². The van der Waals surface area contributed by atoms with Gasteiger partial charge in [0.05, 0.1) is 0 Å². The van der Waals surface area contributed by atoms with E-state index in [1.807, 2.05) is 30.3 Å². The van der Waals surface area contributed by atoms with Crippen LogP contribution < -0.4 is 10.6 Å².